The summed E-state index contributed by atoms with van der Waals surface area (Å²) in [5, 5.41) is 0. The van der Waals surface area contributed by atoms with Gasteiger partial charge in [0.15, 0.2) is 11.7 Å². The molecular weight excluding hydrogens is 190 g/mol. The fourth-order valence-corrected chi connectivity index (χ4v) is 0.972. The zero-order valence-electron chi connectivity index (χ0n) is 9.55. The molecule has 15 heavy (non-hydrogen) atoms. The van der Waals surface area contributed by atoms with Crippen molar-refractivity contribution in [2.75, 3.05) is 0 Å². The predicted molar refractivity (Wildman–Crippen MR) is 57.4 cm³/mol. The van der Waals surface area contributed by atoms with Crippen LogP contribution in [0.25, 0.3) is 0 Å². The van der Waals surface area contributed by atoms with Crippen LogP contribution in [0.2, 0.25) is 0 Å². The van der Waals surface area contributed by atoms with Crippen LogP contribution in [-0.4, -0.2) is 10.8 Å². The Kier molecular flexibility index (Phi) is 3.31. The van der Waals surface area contributed by atoms with Crippen LogP contribution in [0.5, 0.6) is 0 Å². The molecule has 1 aromatic rings. The van der Waals surface area contributed by atoms with Gasteiger partial charge in [0.25, 0.3) is 0 Å². The molecule has 0 aliphatic rings. The number of ketones is 1. The maximum atomic E-state index is 11.5. The summed E-state index contributed by atoms with van der Waals surface area (Å²) in [6, 6.07) is 0. The van der Waals surface area contributed by atoms with Crippen LogP contribution in [0.1, 0.15) is 43.6 Å². The quantitative estimate of drug-likeness (QED) is 0.550. The summed E-state index contributed by atoms with van der Waals surface area (Å²) in [6.07, 6.45) is 1.57. The minimum Gasteiger partial charge on any atom is -0.449 e. The molecule has 0 saturated carbocycles. The molecule has 1 rings (SSSR count). The van der Waals surface area contributed by atoms with Gasteiger partial charge in [0.05, 0.1) is 6.42 Å². The molecule has 80 valence electrons. The summed E-state index contributed by atoms with van der Waals surface area (Å²) in [5.41, 5.74) is 0.288. The molecule has 1 aromatic heterocycles. The van der Waals surface area contributed by atoms with Crippen molar-refractivity contribution in [2.45, 2.75) is 34.1 Å². The lowest BCUT2D eigenvalue weighted by molar-refractivity contribution is 0.0993. The topological polar surface area (TPSA) is 43.1 Å². The fraction of sp³-hybridized carbons (Fsp3) is 0.500. The van der Waals surface area contributed by atoms with E-state index in [0.29, 0.717) is 11.6 Å². The number of hydrogen-bond donors (Lipinski definition) is 0. The van der Waals surface area contributed by atoms with E-state index in [-0.39, 0.29) is 17.6 Å². The largest absolute Gasteiger partial charge is 0.449 e. The van der Waals surface area contributed by atoms with E-state index in [0.717, 1.165) is 0 Å². The third-order valence-corrected chi connectivity index (χ3v) is 1.62. The Morgan fingerprint density at radius 3 is 2.67 bits per heavy atom. The van der Waals surface area contributed by atoms with Gasteiger partial charge in [-0.15, -0.1) is 0 Å². The van der Waals surface area contributed by atoms with Gasteiger partial charge in [-0.2, -0.15) is 0 Å². The summed E-state index contributed by atoms with van der Waals surface area (Å²) in [5.74, 6) is 6.26. The number of rotatable bonds is 2. The summed E-state index contributed by atoms with van der Waals surface area (Å²) < 4.78 is 4.95. The normalized spacial score (nSPS) is 10.7. The highest BCUT2D eigenvalue weighted by Crippen LogP contribution is 2.10. The van der Waals surface area contributed by atoms with E-state index >= 15 is 0 Å². The molecule has 0 saturated heterocycles. The number of hydrogen-bond acceptors (Lipinski definition) is 3. The van der Waals surface area contributed by atoms with Crippen molar-refractivity contribution in [3.05, 3.63) is 17.8 Å². The van der Waals surface area contributed by atoms with Crippen molar-refractivity contribution < 1.29 is 9.21 Å². The minimum absolute atomic E-state index is 0.0694. The van der Waals surface area contributed by atoms with E-state index in [4.69, 9.17) is 4.42 Å². The third-order valence-electron chi connectivity index (χ3n) is 1.62. The standard InChI is InChI=1S/C12H15NO2/c1-9-13-10(8-15-9)11(14)6-5-7-12(2,3)4/h8H,6H2,1-4H3. The average molecular weight is 205 g/mol. The van der Waals surface area contributed by atoms with Crippen molar-refractivity contribution >= 4 is 5.78 Å². The van der Waals surface area contributed by atoms with Crippen LogP contribution in [-0.2, 0) is 0 Å². The molecule has 0 radical (unpaired) electrons. The van der Waals surface area contributed by atoms with Crippen LogP contribution in [0.3, 0.4) is 0 Å². The summed E-state index contributed by atoms with van der Waals surface area (Å²) in [7, 11) is 0. The van der Waals surface area contributed by atoms with Crippen molar-refractivity contribution in [3.8, 4) is 11.8 Å². The Morgan fingerprint density at radius 2 is 2.20 bits per heavy atom. The average Bonchev–Trinajstić information content (AvgIpc) is 2.49. The molecule has 0 N–H and O–H groups in total. The number of carbonyl (C=O) groups is 1. The molecule has 0 fully saturated rings. The van der Waals surface area contributed by atoms with Gasteiger partial charge < -0.3 is 4.42 Å². The highest BCUT2D eigenvalue weighted by Gasteiger charge is 2.09. The molecule has 0 aliphatic heterocycles. The van der Waals surface area contributed by atoms with Gasteiger partial charge in [-0.3, -0.25) is 4.79 Å². The molecule has 0 atom stereocenters. The second-order valence-corrected chi connectivity index (χ2v) is 4.40. The molecule has 0 unspecified atom stereocenters. The number of Topliss-reactive ketones (excluding diaryl/α,β-unsaturated/α-hetero) is 1. The zero-order valence-corrected chi connectivity index (χ0v) is 9.55. The zero-order chi connectivity index (χ0) is 11.5. The van der Waals surface area contributed by atoms with Crippen LogP contribution in [0.4, 0.5) is 0 Å². The molecule has 0 amide bonds. The summed E-state index contributed by atoms with van der Waals surface area (Å²) in [4.78, 5) is 15.5. The Hall–Kier alpha value is -1.56. The predicted octanol–water partition coefficient (Wildman–Crippen LogP) is 2.61. The molecule has 3 heteroatoms. The molecule has 0 bridgehead atoms. The first-order chi connectivity index (χ1) is 6.88. The molecule has 0 aliphatic carbocycles. The van der Waals surface area contributed by atoms with Crippen molar-refractivity contribution in [1.29, 1.82) is 0 Å². The Balaban J connectivity index is 2.60. The first kappa shape index (κ1) is 11.5. The SMILES string of the molecule is Cc1nc(C(=O)CC#CC(C)(C)C)co1. The van der Waals surface area contributed by atoms with Crippen LogP contribution in [0, 0.1) is 24.2 Å². The number of oxazole rings is 1. The van der Waals surface area contributed by atoms with Crippen LogP contribution < -0.4 is 0 Å². The number of carbonyl (C=O) groups excluding carboxylic acids is 1. The lowest BCUT2D eigenvalue weighted by atomic mass is 9.98. The van der Waals surface area contributed by atoms with Gasteiger partial charge in [0, 0.05) is 12.3 Å². The highest BCUT2D eigenvalue weighted by molar-refractivity contribution is 5.95. The number of aromatic nitrogens is 1. The van der Waals surface area contributed by atoms with Gasteiger partial charge in [-0.05, 0) is 20.8 Å². The third kappa shape index (κ3) is 3.99. The van der Waals surface area contributed by atoms with Gasteiger partial charge >= 0.3 is 0 Å². The molecule has 1 heterocycles. The smallest absolute Gasteiger partial charge is 0.196 e. The van der Waals surface area contributed by atoms with Crippen LogP contribution in [0.15, 0.2) is 10.7 Å². The molecular formula is C12H15NO2. The summed E-state index contributed by atoms with van der Waals surface area (Å²) in [6.45, 7) is 7.72. The van der Waals surface area contributed by atoms with Gasteiger partial charge in [0.1, 0.15) is 12.0 Å². The molecule has 0 spiro atoms. The lowest BCUT2D eigenvalue weighted by Crippen LogP contribution is -2.01. The van der Waals surface area contributed by atoms with E-state index in [1.165, 1.54) is 6.26 Å². The fourth-order valence-electron chi connectivity index (χ4n) is 0.972. The van der Waals surface area contributed by atoms with Gasteiger partial charge in [-0.1, -0.05) is 11.8 Å². The maximum Gasteiger partial charge on any atom is 0.196 e. The second kappa shape index (κ2) is 4.31. The lowest BCUT2D eigenvalue weighted by Gasteiger charge is -2.06. The Labute approximate surface area is 89.9 Å². The van der Waals surface area contributed by atoms with E-state index < -0.39 is 0 Å². The van der Waals surface area contributed by atoms with E-state index in [1.54, 1.807) is 6.92 Å². The number of nitrogens with zero attached hydrogens (tertiary/aromatic N) is 1. The number of aryl methyl sites for hydroxylation is 1. The van der Waals surface area contributed by atoms with E-state index in [9.17, 15) is 4.79 Å². The Bertz CT molecular complexity index is 413. The van der Waals surface area contributed by atoms with Crippen molar-refractivity contribution in [3.63, 3.8) is 0 Å². The molecule has 3 nitrogen and oxygen atoms in total. The minimum atomic E-state index is -0.0939. The van der Waals surface area contributed by atoms with Crippen molar-refractivity contribution in [1.82, 2.24) is 4.98 Å². The van der Waals surface area contributed by atoms with E-state index in [2.05, 4.69) is 16.8 Å². The van der Waals surface area contributed by atoms with Gasteiger partial charge in [0.2, 0.25) is 0 Å². The maximum absolute atomic E-state index is 11.5. The van der Waals surface area contributed by atoms with Gasteiger partial charge in [-0.25, -0.2) is 4.98 Å². The van der Waals surface area contributed by atoms with Crippen molar-refractivity contribution in [2.24, 2.45) is 5.41 Å². The Morgan fingerprint density at radius 1 is 1.53 bits per heavy atom. The van der Waals surface area contributed by atoms with Crippen LogP contribution >= 0.6 is 0 Å². The monoisotopic (exact) mass is 205 g/mol. The highest BCUT2D eigenvalue weighted by atomic mass is 16.3. The second-order valence-electron chi connectivity index (χ2n) is 4.40. The molecule has 0 aromatic carbocycles. The first-order valence-electron chi connectivity index (χ1n) is 4.84. The summed E-state index contributed by atoms with van der Waals surface area (Å²) >= 11 is 0. The first-order valence-corrected chi connectivity index (χ1v) is 4.84. The van der Waals surface area contributed by atoms with E-state index in [1.807, 2.05) is 20.8 Å².